The van der Waals surface area contributed by atoms with Gasteiger partial charge in [0.2, 0.25) is 0 Å². The molecular formula is C29H44O2. The molecule has 2 nitrogen and oxygen atoms in total. The number of aromatic hydroxyl groups is 2. The highest BCUT2D eigenvalue weighted by Gasteiger charge is 2.31. The van der Waals surface area contributed by atoms with Crippen LogP contribution in [0.25, 0.3) is 0 Å². The van der Waals surface area contributed by atoms with Crippen LogP contribution in [0.3, 0.4) is 0 Å². The van der Waals surface area contributed by atoms with Gasteiger partial charge in [0.25, 0.3) is 0 Å². The molecule has 0 fully saturated rings. The van der Waals surface area contributed by atoms with E-state index in [2.05, 4.69) is 95.2 Å². The van der Waals surface area contributed by atoms with Gasteiger partial charge in [-0.3, -0.25) is 0 Å². The molecule has 2 heteroatoms. The van der Waals surface area contributed by atoms with Gasteiger partial charge in [-0.25, -0.2) is 0 Å². The minimum Gasteiger partial charge on any atom is -0.507 e. The zero-order chi connectivity index (χ0) is 24.2. The topological polar surface area (TPSA) is 40.5 Å². The number of hydrogen-bond donors (Lipinski definition) is 2. The lowest BCUT2D eigenvalue weighted by atomic mass is 9.72. The van der Waals surface area contributed by atoms with E-state index in [1.807, 2.05) is 12.1 Å². The van der Waals surface area contributed by atoms with Gasteiger partial charge in [-0.05, 0) is 43.9 Å². The molecule has 2 aromatic carbocycles. The molecule has 0 radical (unpaired) electrons. The first kappa shape index (κ1) is 25.3. The standard InChI is InChI=1S/C29H44O2/c1-26(2,3)20-15-13-18(24(30)22(20)28(7,8)9)17-19-14-16-21(27(4,5)6)23(25(19)31)29(10,11)12/h13-16,30-31H,17H2,1-12H3. The van der Waals surface area contributed by atoms with Crippen LogP contribution in [0.4, 0.5) is 0 Å². The Morgan fingerprint density at radius 2 is 0.774 bits per heavy atom. The SMILES string of the molecule is CC(C)(C)c1ccc(Cc2ccc(C(C)(C)C)c(C(C)(C)C)c2O)c(O)c1C(C)(C)C. The minimum atomic E-state index is -0.183. The van der Waals surface area contributed by atoms with E-state index in [0.29, 0.717) is 17.9 Å². The van der Waals surface area contributed by atoms with E-state index in [1.165, 1.54) is 11.1 Å². The van der Waals surface area contributed by atoms with E-state index in [-0.39, 0.29) is 21.7 Å². The van der Waals surface area contributed by atoms with Gasteiger partial charge in [0.1, 0.15) is 11.5 Å². The molecule has 0 saturated heterocycles. The van der Waals surface area contributed by atoms with Crippen LogP contribution in [0.15, 0.2) is 24.3 Å². The van der Waals surface area contributed by atoms with Crippen molar-refractivity contribution in [1.29, 1.82) is 0 Å². The fraction of sp³-hybridized carbons (Fsp3) is 0.586. The van der Waals surface area contributed by atoms with Crippen LogP contribution in [-0.2, 0) is 28.1 Å². The van der Waals surface area contributed by atoms with Crippen molar-refractivity contribution in [3.63, 3.8) is 0 Å². The highest BCUT2D eigenvalue weighted by Crippen LogP contribution is 2.44. The second-order valence-electron chi connectivity index (χ2n) is 13.2. The Bertz CT molecular complexity index is 873. The highest BCUT2D eigenvalue weighted by molar-refractivity contribution is 5.56. The Kier molecular flexibility index (Phi) is 6.42. The van der Waals surface area contributed by atoms with Gasteiger partial charge in [0.05, 0.1) is 0 Å². The van der Waals surface area contributed by atoms with E-state index >= 15 is 0 Å². The quantitative estimate of drug-likeness (QED) is 0.515. The normalized spacial score (nSPS) is 13.5. The molecule has 0 amide bonds. The van der Waals surface area contributed by atoms with E-state index in [9.17, 15) is 10.2 Å². The number of phenols is 2. The summed E-state index contributed by atoms with van der Waals surface area (Å²) in [5.41, 5.74) is 5.57. The predicted octanol–water partition coefficient (Wildman–Crippen LogP) is 7.88. The van der Waals surface area contributed by atoms with Gasteiger partial charge in [-0.15, -0.1) is 0 Å². The van der Waals surface area contributed by atoms with Crippen molar-refractivity contribution in [3.05, 3.63) is 57.6 Å². The summed E-state index contributed by atoms with van der Waals surface area (Å²) in [6.07, 6.45) is 0.499. The summed E-state index contributed by atoms with van der Waals surface area (Å²) in [6, 6.07) is 8.36. The van der Waals surface area contributed by atoms with E-state index in [1.54, 1.807) is 0 Å². The number of benzene rings is 2. The summed E-state index contributed by atoms with van der Waals surface area (Å²) in [5.74, 6) is 0.716. The van der Waals surface area contributed by atoms with Crippen LogP contribution in [0.2, 0.25) is 0 Å². The molecule has 31 heavy (non-hydrogen) atoms. The van der Waals surface area contributed by atoms with Crippen molar-refractivity contribution in [2.24, 2.45) is 0 Å². The second-order valence-corrected chi connectivity index (χ2v) is 13.2. The monoisotopic (exact) mass is 424 g/mol. The van der Waals surface area contributed by atoms with Crippen LogP contribution >= 0.6 is 0 Å². The number of rotatable bonds is 2. The third-order valence-electron chi connectivity index (χ3n) is 6.02. The molecule has 0 aliphatic heterocycles. The molecule has 0 aromatic heterocycles. The lowest BCUT2D eigenvalue weighted by Crippen LogP contribution is -2.23. The smallest absolute Gasteiger partial charge is 0.123 e. The lowest BCUT2D eigenvalue weighted by molar-refractivity contribution is 0.425. The molecule has 0 aliphatic carbocycles. The van der Waals surface area contributed by atoms with Gasteiger partial charge >= 0.3 is 0 Å². The van der Waals surface area contributed by atoms with Crippen LogP contribution < -0.4 is 0 Å². The summed E-state index contributed by atoms with van der Waals surface area (Å²) < 4.78 is 0. The Morgan fingerprint density at radius 1 is 0.484 bits per heavy atom. The zero-order valence-electron chi connectivity index (χ0n) is 21.9. The number of hydrogen-bond acceptors (Lipinski definition) is 2. The van der Waals surface area contributed by atoms with Gasteiger partial charge in [0.15, 0.2) is 0 Å². The molecule has 0 bridgehead atoms. The average Bonchev–Trinajstić information content (AvgIpc) is 2.53. The third kappa shape index (κ3) is 5.27. The molecular weight excluding hydrogens is 380 g/mol. The first-order valence-electron chi connectivity index (χ1n) is 11.5. The molecule has 0 heterocycles. The van der Waals surface area contributed by atoms with Crippen molar-refractivity contribution >= 4 is 0 Å². The van der Waals surface area contributed by atoms with E-state index in [0.717, 1.165) is 22.3 Å². The maximum atomic E-state index is 11.4. The van der Waals surface area contributed by atoms with Crippen LogP contribution in [0, 0.1) is 0 Å². The molecule has 0 saturated carbocycles. The van der Waals surface area contributed by atoms with Crippen molar-refractivity contribution in [1.82, 2.24) is 0 Å². The molecule has 0 unspecified atom stereocenters. The summed E-state index contributed by atoms with van der Waals surface area (Å²) in [6.45, 7) is 26.0. The summed E-state index contributed by atoms with van der Waals surface area (Å²) >= 11 is 0. The summed E-state index contributed by atoms with van der Waals surface area (Å²) in [4.78, 5) is 0. The second kappa shape index (κ2) is 7.87. The van der Waals surface area contributed by atoms with E-state index < -0.39 is 0 Å². The molecule has 2 aromatic rings. The Morgan fingerprint density at radius 3 is 1.00 bits per heavy atom. The van der Waals surface area contributed by atoms with Crippen molar-refractivity contribution in [2.45, 2.75) is 111 Å². The van der Waals surface area contributed by atoms with Gasteiger partial charge in [-0.1, -0.05) is 107 Å². The maximum absolute atomic E-state index is 11.4. The van der Waals surface area contributed by atoms with Gasteiger partial charge in [-0.2, -0.15) is 0 Å². The first-order chi connectivity index (χ1) is 13.8. The Balaban J connectivity index is 2.70. The van der Waals surface area contributed by atoms with Crippen LogP contribution in [0.1, 0.15) is 116 Å². The first-order valence-corrected chi connectivity index (χ1v) is 11.5. The minimum absolute atomic E-state index is 0.0610. The van der Waals surface area contributed by atoms with Crippen LogP contribution in [-0.4, -0.2) is 10.2 Å². The summed E-state index contributed by atoms with van der Waals surface area (Å²) in [7, 11) is 0. The molecule has 172 valence electrons. The van der Waals surface area contributed by atoms with Crippen molar-refractivity contribution in [3.8, 4) is 11.5 Å². The number of phenolic OH excluding ortho intramolecular Hbond substituents is 2. The Labute approximate surface area is 190 Å². The summed E-state index contributed by atoms with van der Waals surface area (Å²) in [5, 5.41) is 22.7. The highest BCUT2D eigenvalue weighted by atomic mass is 16.3. The molecule has 2 N–H and O–H groups in total. The van der Waals surface area contributed by atoms with Gasteiger partial charge < -0.3 is 10.2 Å². The van der Waals surface area contributed by atoms with Crippen LogP contribution in [0.5, 0.6) is 11.5 Å². The van der Waals surface area contributed by atoms with E-state index in [4.69, 9.17) is 0 Å². The fourth-order valence-electron chi connectivity index (χ4n) is 4.53. The average molecular weight is 425 g/mol. The van der Waals surface area contributed by atoms with Crippen molar-refractivity contribution in [2.75, 3.05) is 0 Å². The molecule has 0 atom stereocenters. The molecule has 0 aliphatic rings. The van der Waals surface area contributed by atoms with Gasteiger partial charge in [0, 0.05) is 17.5 Å². The predicted molar refractivity (Wildman–Crippen MR) is 134 cm³/mol. The largest absolute Gasteiger partial charge is 0.507 e. The molecule has 0 spiro atoms. The third-order valence-corrected chi connectivity index (χ3v) is 6.02. The Hall–Kier alpha value is -1.96. The van der Waals surface area contributed by atoms with Crippen molar-refractivity contribution < 1.29 is 10.2 Å². The zero-order valence-corrected chi connectivity index (χ0v) is 21.9. The lowest BCUT2D eigenvalue weighted by Gasteiger charge is -2.33. The molecule has 2 rings (SSSR count). The maximum Gasteiger partial charge on any atom is 0.123 e. The fourth-order valence-corrected chi connectivity index (χ4v) is 4.53.